The number of aromatic hydroxyl groups is 2. The summed E-state index contributed by atoms with van der Waals surface area (Å²) in [7, 11) is 0. The Balaban J connectivity index is 3.75. The highest BCUT2D eigenvalue weighted by Crippen LogP contribution is 2.39. The van der Waals surface area contributed by atoms with Crippen LogP contribution in [-0.2, 0) is 0 Å². The van der Waals surface area contributed by atoms with Gasteiger partial charge in [0.2, 0.25) is 0 Å². The number of hydrogen-bond acceptors (Lipinski definition) is 4. The number of hydrogen-bond donors (Lipinski definition) is 3. The van der Waals surface area contributed by atoms with E-state index in [1.165, 1.54) is 6.92 Å². The molecular weight excluding hydrogens is 224 g/mol. The molecule has 3 N–H and O–H groups in total. The van der Waals surface area contributed by atoms with Crippen LogP contribution in [0.3, 0.4) is 0 Å². The highest BCUT2D eigenvalue weighted by atomic mass is 35.5. The Hall–Kier alpha value is -1.75. The molecular formula is C9H7ClO5. The van der Waals surface area contributed by atoms with E-state index in [0.29, 0.717) is 0 Å². The molecule has 0 heterocycles. The smallest absolute Gasteiger partial charge is 0.339 e. The molecule has 0 saturated carbocycles. The number of aromatic carboxylic acids is 1. The summed E-state index contributed by atoms with van der Waals surface area (Å²) in [4.78, 5) is 21.3. The molecule has 0 fully saturated rings. The molecule has 0 amide bonds. The Morgan fingerprint density at radius 2 is 1.87 bits per heavy atom. The average molecular weight is 231 g/mol. The van der Waals surface area contributed by atoms with E-state index >= 15 is 0 Å². The monoisotopic (exact) mass is 230 g/mol. The fraction of sp³-hybridized carbons (Fsp3) is 0.111. The van der Waals surface area contributed by atoms with Crippen molar-refractivity contribution in [3.63, 3.8) is 0 Å². The summed E-state index contributed by atoms with van der Waals surface area (Å²) in [6.45, 7) is 1.32. The van der Waals surface area contributed by atoms with Gasteiger partial charge in [0.1, 0.15) is 22.6 Å². The first-order valence-corrected chi connectivity index (χ1v) is 4.22. The van der Waals surface area contributed by atoms with E-state index in [9.17, 15) is 19.8 Å². The molecule has 0 spiro atoms. The van der Waals surface area contributed by atoms with E-state index in [-0.39, 0.29) is 16.9 Å². The van der Waals surface area contributed by atoms with Crippen molar-refractivity contribution in [3.8, 4) is 11.5 Å². The zero-order valence-electron chi connectivity index (χ0n) is 7.61. The van der Waals surface area contributed by atoms with Crippen molar-refractivity contribution in [1.29, 1.82) is 0 Å². The Morgan fingerprint density at radius 1 is 1.33 bits per heavy atom. The van der Waals surface area contributed by atoms with E-state index in [1.54, 1.807) is 0 Å². The van der Waals surface area contributed by atoms with Gasteiger partial charge >= 0.3 is 5.97 Å². The van der Waals surface area contributed by atoms with E-state index in [0.717, 1.165) is 0 Å². The molecule has 1 aromatic rings. The van der Waals surface area contributed by atoms with Crippen LogP contribution in [0.15, 0.2) is 0 Å². The summed E-state index contributed by atoms with van der Waals surface area (Å²) in [6, 6.07) is 0. The van der Waals surface area contributed by atoms with E-state index in [1.807, 2.05) is 0 Å². The topological polar surface area (TPSA) is 94.8 Å². The summed E-state index contributed by atoms with van der Waals surface area (Å²) >= 11 is 5.60. The molecule has 0 aliphatic heterocycles. The van der Waals surface area contributed by atoms with Gasteiger partial charge in [-0.25, -0.2) is 4.79 Å². The minimum Gasteiger partial charge on any atom is -0.506 e. The lowest BCUT2D eigenvalue weighted by Gasteiger charge is -2.10. The molecule has 0 radical (unpaired) electrons. The van der Waals surface area contributed by atoms with Gasteiger partial charge in [0, 0.05) is 0 Å². The molecule has 0 aromatic heterocycles. The molecule has 1 rings (SSSR count). The van der Waals surface area contributed by atoms with Crippen molar-refractivity contribution < 1.29 is 24.9 Å². The van der Waals surface area contributed by atoms with Gasteiger partial charge in [0.05, 0.1) is 5.02 Å². The lowest BCUT2D eigenvalue weighted by molar-refractivity contribution is 0.0693. The van der Waals surface area contributed by atoms with Gasteiger partial charge < -0.3 is 15.3 Å². The van der Waals surface area contributed by atoms with Crippen molar-refractivity contribution in [1.82, 2.24) is 0 Å². The Bertz CT molecular complexity index is 453. The summed E-state index contributed by atoms with van der Waals surface area (Å²) in [6.07, 6.45) is 0.141. The van der Waals surface area contributed by atoms with Crippen molar-refractivity contribution in [2.24, 2.45) is 0 Å². The molecule has 0 aliphatic rings. The Morgan fingerprint density at radius 3 is 2.27 bits per heavy atom. The number of phenolic OH excluding ortho intramolecular Hbond substituents is 1. The summed E-state index contributed by atoms with van der Waals surface area (Å²) in [5.41, 5.74) is -1.01. The third-order valence-corrected chi connectivity index (χ3v) is 2.45. The van der Waals surface area contributed by atoms with Crippen LogP contribution in [0.5, 0.6) is 11.5 Å². The Kier molecular flexibility index (Phi) is 2.85. The standard InChI is InChI=1S/C9H7ClO5/c1-3-5(9(14)15)7(12)4(2-11)8(13)6(3)10/h2,12-13H,1H3,(H,14,15). The van der Waals surface area contributed by atoms with Gasteiger partial charge in [-0.05, 0) is 12.5 Å². The molecule has 0 saturated heterocycles. The molecule has 1 aromatic carbocycles. The highest BCUT2D eigenvalue weighted by molar-refractivity contribution is 6.34. The molecule has 0 bridgehead atoms. The Labute approximate surface area is 89.5 Å². The predicted octanol–water partition coefficient (Wildman–Crippen LogP) is 1.57. The highest BCUT2D eigenvalue weighted by Gasteiger charge is 2.23. The van der Waals surface area contributed by atoms with E-state index < -0.39 is 28.6 Å². The second-order valence-corrected chi connectivity index (χ2v) is 3.23. The number of rotatable bonds is 2. The quantitative estimate of drug-likeness (QED) is 0.671. The first-order chi connectivity index (χ1) is 6.91. The third-order valence-electron chi connectivity index (χ3n) is 1.99. The minimum absolute atomic E-state index is 0.00441. The molecule has 15 heavy (non-hydrogen) atoms. The van der Waals surface area contributed by atoms with Crippen molar-refractivity contribution in [3.05, 3.63) is 21.7 Å². The van der Waals surface area contributed by atoms with Gasteiger partial charge in [-0.2, -0.15) is 0 Å². The third kappa shape index (κ3) is 1.61. The van der Waals surface area contributed by atoms with Gasteiger partial charge in [0.15, 0.2) is 6.29 Å². The fourth-order valence-corrected chi connectivity index (χ4v) is 1.40. The maximum Gasteiger partial charge on any atom is 0.339 e. The zero-order chi connectivity index (χ0) is 11.7. The molecule has 80 valence electrons. The summed E-state index contributed by atoms with van der Waals surface area (Å²) in [5.74, 6) is -2.82. The van der Waals surface area contributed by atoms with Crippen LogP contribution in [0.1, 0.15) is 26.3 Å². The van der Waals surface area contributed by atoms with Crippen LogP contribution in [0.25, 0.3) is 0 Å². The van der Waals surface area contributed by atoms with Crippen LogP contribution in [0.2, 0.25) is 5.02 Å². The predicted molar refractivity (Wildman–Crippen MR) is 51.9 cm³/mol. The minimum atomic E-state index is -1.42. The first-order valence-electron chi connectivity index (χ1n) is 3.84. The number of carboxylic acids is 1. The van der Waals surface area contributed by atoms with Crippen molar-refractivity contribution in [2.75, 3.05) is 0 Å². The maximum atomic E-state index is 10.8. The van der Waals surface area contributed by atoms with E-state index in [4.69, 9.17) is 16.7 Å². The lowest BCUT2D eigenvalue weighted by Crippen LogP contribution is -2.03. The van der Waals surface area contributed by atoms with Crippen LogP contribution in [-0.4, -0.2) is 27.6 Å². The van der Waals surface area contributed by atoms with Crippen molar-refractivity contribution >= 4 is 23.9 Å². The number of benzene rings is 1. The number of aldehydes is 1. The van der Waals surface area contributed by atoms with Gasteiger partial charge in [0.25, 0.3) is 0 Å². The zero-order valence-corrected chi connectivity index (χ0v) is 8.37. The number of halogens is 1. The van der Waals surface area contributed by atoms with E-state index in [2.05, 4.69) is 0 Å². The maximum absolute atomic E-state index is 10.8. The molecule has 5 nitrogen and oxygen atoms in total. The SMILES string of the molecule is Cc1c(Cl)c(O)c(C=O)c(O)c1C(=O)O. The van der Waals surface area contributed by atoms with Crippen LogP contribution < -0.4 is 0 Å². The number of carbonyl (C=O) groups excluding carboxylic acids is 1. The average Bonchev–Trinajstić information content (AvgIpc) is 2.15. The molecule has 6 heteroatoms. The van der Waals surface area contributed by atoms with Crippen LogP contribution in [0.4, 0.5) is 0 Å². The summed E-state index contributed by atoms with van der Waals surface area (Å²) < 4.78 is 0. The van der Waals surface area contributed by atoms with Crippen LogP contribution >= 0.6 is 11.6 Å². The number of phenols is 2. The first kappa shape index (κ1) is 11.3. The number of carboxylic acid groups (broad SMARTS) is 1. The molecule has 0 aliphatic carbocycles. The van der Waals surface area contributed by atoms with Crippen LogP contribution in [0, 0.1) is 6.92 Å². The largest absolute Gasteiger partial charge is 0.506 e. The van der Waals surface area contributed by atoms with Gasteiger partial charge in [-0.3, -0.25) is 4.79 Å². The molecule has 0 unspecified atom stereocenters. The molecule has 0 atom stereocenters. The second kappa shape index (κ2) is 3.78. The second-order valence-electron chi connectivity index (χ2n) is 2.85. The van der Waals surface area contributed by atoms with Gasteiger partial charge in [-0.1, -0.05) is 11.6 Å². The summed E-state index contributed by atoms with van der Waals surface area (Å²) in [5, 5.41) is 27.3. The van der Waals surface area contributed by atoms with Gasteiger partial charge in [-0.15, -0.1) is 0 Å². The van der Waals surface area contributed by atoms with Crippen molar-refractivity contribution in [2.45, 2.75) is 6.92 Å². The lowest BCUT2D eigenvalue weighted by atomic mass is 10.0. The normalized spacial score (nSPS) is 10.0. The number of carbonyl (C=O) groups is 2. The fourth-order valence-electron chi connectivity index (χ4n) is 1.20.